The molecule has 206 valence electrons. The zero-order valence-electron chi connectivity index (χ0n) is 20.4. The topological polar surface area (TPSA) is 132 Å². The molecule has 10 nitrogen and oxygen atoms in total. The Hall–Kier alpha value is -4.29. The van der Waals surface area contributed by atoms with Crippen molar-refractivity contribution in [2.45, 2.75) is 24.9 Å². The minimum atomic E-state index is -3.54. The summed E-state index contributed by atoms with van der Waals surface area (Å²) in [5, 5.41) is 8.49. The predicted octanol–water partition coefficient (Wildman–Crippen LogP) is 6.26. The van der Waals surface area contributed by atoms with Gasteiger partial charge in [-0.1, -0.05) is 28.8 Å². The van der Waals surface area contributed by atoms with E-state index in [1.165, 1.54) is 49.6 Å². The van der Waals surface area contributed by atoms with Gasteiger partial charge in [-0.05, 0) is 46.8 Å². The highest BCUT2D eigenvalue weighted by Crippen LogP contribution is 2.24. The van der Waals surface area contributed by atoms with Crippen molar-refractivity contribution in [3.63, 3.8) is 0 Å². The van der Waals surface area contributed by atoms with Crippen LogP contribution in [0.5, 0.6) is 0 Å². The second-order valence-electron chi connectivity index (χ2n) is 8.37. The van der Waals surface area contributed by atoms with E-state index in [0.717, 1.165) is 11.0 Å². The number of likely N-dealkylation sites (N-methyl/N-ethyl adjacent to an activating group) is 1. The molecule has 3 aromatic rings. The van der Waals surface area contributed by atoms with Gasteiger partial charge in [-0.3, -0.25) is 5.32 Å². The van der Waals surface area contributed by atoms with E-state index in [2.05, 4.69) is 25.6 Å². The molecule has 0 aliphatic carbocycles. The van der Waals surface area contributed by atoms with Crippen LogP contribution in [0.15, 0.2) is 53.8 Å². The molecule has 0 radical (unpaired) electrons. The monoisotopic (exact) mass is 567 g/mol. The van der Waals surface area contributed by atoms with Crippen LogP contribution in [0.1, 0.15) is 12.0 Å². The predicted molar refractivity (Wildman–Crippen MR) is 135 cm³/mol. The number of urea groups is 1. The number of azide groups is 1. The van der Waals surface area contributed by atoms with Gasteiger partial charge < -0.3 is 15.0 Å². The molecular formula is C24H22ClF4N7O3. The molecule has 0 saturated heterocycles. The molecule has 15 heteroatoms. The van der Waals surface area contributed by atoms with Gasteiger partial charge in [0.2, 0.25) is 0 Å². The van der Waals surface area contributed by atoms with Gasteiger partial charge in [0.15, 0.2) is 0 Å². The maximum Gasteiger partial charge on any atom is 0.412 e. The number of fused-ring (bicyclic) bond motifs is 1. The normalized spacial score (nSPS) is 11.8. The summed E-state index contributed by atoms with van der Waals surface area (Å²) in [5.41, 5.74) is 8.64. The Balaban J connectivity index is 1.68. The first-order chi connectivity index (χ1) is 18.5. The molecule has 3 amide bonds. The summed E-state index contributed by atoms with van der Waals surface area (Å²) in [4.78, 5) is 32.3. The first-order valence-electron chi connectivity index (χ1n) is 11.3. The number of hydrogen-bond donors (Lipinski definition) is 2. The summed E-state index contributed by atoms with van der Waals surface area (Å²) < 4.78 is 61.0. The van der Waals surface area contributed by atoms with Crippen LogP contribution in [0.4, 0.5) is 33.0 Å². The van der Waals surface area contributed by atoms with Crippen molar-refractivity contribution in [1.82, 2.24) is 15.2 Å². The standard InChI is InChI=1S/C24H22ClF4N7O3/c1-36(22(37)32-11-15-3-2-4-19(27)21(15)25)18(9-24(28,29)13-33-35-30)12-39-23(38)34-20-8-16-7-17(26)6-5-14(16)10-31-20/h2-8,10,18H,9,11-13H2,1H3,(H,32,37)(H,31,34,38)/t18-/m0/s1. The Labute approximate surface area is 224 Å². The number of anilines is 1. The lowest BCUT2D eigenvalue weighted by atomic mass is 10.1. The molecule has 0 aliphatic heterocycles. The Morgan fingerprint density at radius 2 is 2.00 bits per heavy atom. The summed E-state index contributed by atoms with van der Waals surface area (Å²) in [6.45, 7) is -2.07. The SMILES string of the molecule is CN(C(=O)NCc1cccc(F)c1Cl)[C@H](COC(=O)Nc1cc2cc(F)ccc2cn1)CC(F)(F)CN=[N+]=[N-]. The van der Waals surface area contributed by atoms with Gasteiger partial charge >= 0.3 is 12.1 Å². The van der Waals surface area contributed by atoms with E-state index in [9.17, 15) is 27.2 Å². The molecular weight excluding hydrogens is 546 g/mol. The summed E-state index contributed by atoms with van der Waals surface area (Å²) in [5.74, 6) is -4.71. The molecule has 0 spiro atoms. The highest BCUT2D eigenvalue weighted by molar-refractivity contribution is 6.31. The van der Waals surface area contributed by atoms with Crippen LogP contribution in [0.2, 0.25) is 5.02 Å². The Kier molecular flexibility index (Phi) is 9.74. The average molecular weight is 568 g/mol. The number of halogens is 5. The minimum Gasteiger partial charge on any atom is -0.447 e. The van der Waals surface area contributed by atoms with E-state index in [0.29, 0.717) is 10.8 Å². The second kappa shape index (κ2) is 13.0. The molecule has 1 heterocycles. The van der Waals surface area contributed by atoms with Gasteiger partial charge in [-0.15, -0.1) is 0 Å². The number of carbonyl (C=O) groups is 2. The molecule has 0 saturated carbocycles. The lowest BCUT2D eigenvalue weighted by molar-refractivity contribution is -0.0259. The van der Waals surface area contributed by atoms with Gasteiger partial charge in [0.25, 0.3) is 5.92 Å². The molecule has 0 aliphatic rings. The van der Waals surface area contributed by atoms with E-state index in [4.69, 9.17) is 21.9 Å². The van der Waals surface area contributed by atoms with Crippen LogP contribution >= 0.6 is 11.6 Å². The fourth-order valence-corrected chi connectivity index (χ4v) is 3.68. The van der Waals surface area contributed by atoms with Gasteiger partial charge in [-0.25, -0.2) is 32.1 Å². The minimum absolute atomic E-state index is 0.0152. The summed E-state index contributed by atoms with van der Waals surface area (Å²) >= 11 is 5.88. The number of amides is 3. The maximum absolute atomic E-state index is 14.4. The Morgan fingerprint density at radius 1 is 1.23 bits per heavy atom. The van der Waals surface area contributed by atoms with E-state index in [1.807, 2.05) is 0 Å². The smallest absolute Gasteiger partial charge is 0.412 e. The van der Waals surface area contributed by atoms with Gasteiger partial charge in [0.1, 0.15) is 24.1 Å². The molecule has 2 aromatic carbocycles. The molecule has 0 bridgehead atoms. The number of nitrogens with one attached hydrogen (secondary N) is 2. The van der Waals surface area contributed by atoms with Crippen molar-refractivity contribution in [2.75, 3.05) is 25.5 Å². The van der Waals surface area contributed by atoms with Crippen molar-refractivity contribution < 1.29 is 31.9 Å². The zero-order chi connectivity index (χ0) is 28.6. The average Bonchev–Trinajstić information content (AvgIpc) is 2.89. The van der Waals surface area contributed by atoms with Crippen LogP contribution in [0.3, 0.4) is 0 Å². The number of aromatic nitrogens is 1. The number of carbonyl (C=O) groups excluding carboxylic acids is 2. The van der Waals surface area contributed by atoms with Crippen molar-refractivity contribution in [3.05, 3.63) is 81.3 Å². The number of alkyl halides is 2. The first kappa shape index (κ1) is 29.3. The van der Waals surface area contributed by atoms with Crippen molar-refractivity contribution in [1.29, 1.82) is 0 Å². The largest absolute Gasteiger partial charge is 0.447 e. The number of nitrogens with zero attached hydrogens (tertiary/aromatic N) is 5. The third-order valence-corrected chi connectivity index (χ3v) is 5.97. The van der Waals surface area contributed by atoms with Crippen LogP contribution in [-0.2, 0) is 11.3 Å². The lowest BCUT2D eigenvalue weighted by Gasteiger charge is -2.30. The number of rotatable bonds is 10. The summed E-state index contributed by atoms with van der Waals surface area (Å²) in [6, 6.07) is 7.16. The van der Waals surface area contributed by atoms with Crippen molar-refractivity contribution in [3.8, 4) is 0 Å². The number of ether oxygens (including phenoxy) is 1. The summed E-state index contributed by atoms with van der Waals surface area (Å²) in [7, 11) is 1.19. The molecule has 0 unspecified atom stereocenters. The van der Waals surface area contributed by atoms with Gasteiger partial charge in [0.05, 0.1) is 17.6 Å². The molecule has 39 heavy (non-hydrogen) atoms. The van der Waals surface area contributed by atoms with Crippen LogP contribution in [-0.4, -0.2) is 54.2 Å². The highest BCUT2D eigenvalue weighted by atomic mass is 35.5. The second-order valence-corrected chi connectivity index (χ2v) is 8.75. The van der Waals surface area contributed by atoms with E-state index in [1.54, 1.807) is 0 Å². The van der Waals surface area contributed by atoms with Crippen LogP contribution < -0.4 is 10.6 Å². The quantitative estimate of drug-likeness (QED) is 0.129. The maximum atomic E-state index is 14.4. The Morgan fingerprint density at radius 3 is 2.74 bits per heavy atom. The molecule has 0 fully saturated rings. The Bertz CT molecular complexity index is 1410. The molecule has 1 aromatic heterocycles. The van der Waals surface area contributed by atoms with Gasteiger partial charge in [0, 0.05) is 36.5 Å². The van der Waals surface area contributed by atoms with Crippen LogP contribution in [0, 0.1) is 11.6 Å². The first-order valence-corrected chi connectivity index (χ1v) is 11.7. The third kappa shape index (κ3) is 8.35. The lowest BCUT2D eigenvalue weighted by Crippen LogP contribution is -2.48. The highest BCUT2D eigenvalue weighted by Gasteiger charge is 2.36. The fourth-order valence-electron chi connectivity index (χ4n) is 3.49. The van der Waals surface area contributed by atoms with Crippen LogP contribution in [0.25, 0.3) is 21.2 Å². The van der Waals surface area contributed by atoms with E-state index >= 15 is 0 Å². The number of pyridine rings is 1. The molecule has 1 atom stereocenters. The van der Waals surface area contributed by atoms with E-state index < -0.39 is 55.3 Å². The number of benzene rings is 2. The molecule has 2 N–H and O–H groups in total. The fraction of sp³-hybridized carbons (Fsp3) is 0.292. The summed E-state index contributed by atoms with van der Waals surface area (Å²) in [6.07, 6.45) is -0.689. The molecule has 3 rings (SSSR count). The third-order valence-electron chi connectivity index (χ3n) is 5.55. The van der Waals surface area contributed by atoms with Crippen molar-refractivity contribution in [2.24, 2.45) is 5.11 Å². The van der Waals surface area contributed by atoms with Crippen molar-refractivity contribution >= 4 is 40.3 Å². The van der Waals surface area contributed by atoms with Gasteiger partial charge in [-0.2, -0.15) is 0 Å². The van der Waals surface area contributed by atoms with E-state index in [-0.39, 0.29) is 22.9 Å². The number of hydrogen-bond acceptors (Lipinski definition) is 5. The zero-order valence-corrected chi connectivity index (χ0v) is 21.1.